The predicted octanol–water partition coefficient (Wildman–Crippen LogP) is 14.6. The summed E-state index contributed by atoms with van der Waals surface area (Å²) in [5.41, 5.74) is 0. The molecular formula is C58H105NO8. The van der Waals surface area contributed by atoms with E-state index in [-0.39, 0.29) is 32.2 Å². The summed E-state index contributed by atoms with van der Waals surface area (Å²) in [6, 6.07) is 0. The van der Waals surface area contributed by atoms with E-state index in [0.29, 0.717) is 23.9 Å². The van der Waals surface area contributed by atoms with E-state index in [1.807, 2.05) is 21.1 Å². The highest BCUT2D eigenvalue weighted by molar-refractivity contribution is 5.70. The largest absolute Gasteiger partial charge is 0.545 e. The fraction of sp³-hybridized carbons (Fsp3) is 0.810. The Morgan fingerprint density at radius 1 is 0.463 bits per heavy atom. The van der Waals surface area contributed by atoms with Crippen molar-refractivity contribution >= 4 is 17.9 Å². The molecule has 390 valence electrons. The molecule has 2 unspecified atom stereocenters. The van der Waals surface area contributed by atoms with Gasteiger partial charge in [-0.25, -0.2) is 0 Å². The summed E-state index contributed by atoms with van der Waals surface area (Å²) in [6.07, 6.45) is 57.6. The van der Waals surface area contributed by atoms with Gasteiger partial charge in [0, 0.05) is 12.8 Å². The Kier molecular flexibility index (Phi) is 47.6. The number of carbonyl (C=O) groups excluding carboxylic acids is 3. The number of carbonyl (C=O) groups is 3. The molecule has 9 heteroatoms. The Hall–Kier alpha value is -2.75. The van der Waals surface area contributed by atoms with Crippen LogP contribution in [0.25, 0.3) is 0 Å². The first-order valence-corrected chi connectivity index (χ1v) is 27.8. The zero-order valence-electron chi connectivity index (χ0n) is 44.3. The number of aliphatic carboxylic acids is 1. The molecule has 67 heavy (non-hydrogen) atoms. The monoisotopic (exact) mass is 944 g/mol. The van der Waals surface area contributed by atoms with Crippen LogP contribution in [-0.2, 0) is 33.3 Å². The zero-order chi connectivity index (χ0) is 49.2. The molecule has 0 aliphatic heterocycles. The van der Waals surface area contributed by atoms with E-state index in [1.54, 1.807) is 0 Å². The summed E-state index contributed by atoms with van der Waals surface area (Å²) in [4.78, 5) is 37.0. The van der Waals surface area contributed by atoms with Gasteiger partial charge < -0.3 is 33.3 Å². The molecule has 0 aliphatic carbocycles. The molecule has 0 aromatic rings. The van der Waals surface area contributed by atoms with E-state index in [9.17, 15) is 19.5 Å². The van der Waals surface area contributed by atoms with Crippen molar-refractivity contribution in [2.75, 3.05) is 47.5 Å². The zero-order valence-corrected chi connectivity index (χ0v) is 44.3. The average molecular weight is 944 g/mol. The van der Waals surface area contributed by atoms with E-state index in [4.69, 9.17) is 18.9 Å². The second kappa shape index (κ2) is 49.7. The van der Waals surface area contributed by atoms with Crippen molar-refractivity contribution in [1.82, 2.24) is 0 Å². The summed E-state index contributed by atoms with van der Waals surface area (Å²) >= 11 is 0. The third kappa shape index (κ3) is 50.9. The molecule has 0 aliphatic rings. The van der Waals surface area contributed by atoms with E-state index >= 15 is 0 Å². The molecule has 0 bridgehead atoms. The lowest BCUT2D eigenvalue weighted by molar-refractivity contribution is -0.870. The number of hydrogen-bond acceptors (Lipinski definition) is 8. The number of rotatable bonds is 51. The molecule has 0 aromatic carbocycles. The summed E-state index contributed by atoms with van der Waals surface area (Å²) in [6.45, 7) is 4.63. The highest BCUT2D eigenvalue weighted by Gasteiger charge is 2.22. The average Bonchev–Trinajstić information content (AvgIpc) is 3.29. The van der Waals surface area contributed by atoms with Crippen molar-refractivity contribution in [3.05, 3.63) is 48.6 Å². The van der Waals surface area contributed by atoms with Gasteiger partial charge in [-0.2, -0.15) is 0 Å². The molecule has 2 atom stereocenters. The molecule has 0 rings (SSSR count). The minimum atomic E-state index is -1.62. The van der Waals surface area contributed by atoms with Crippen LogP contribution in [0.4, 0.5) is 0 Å². The minimum absolute atomic E-state index is 0.150. The van der Waals surface area contributed by atoms with Crippen molar-refractivity contribution in [3.63, 3.8) is 0 Å². The summed E-state index contributed by atoms with van der Waals surface area (Å²) in [7, 11) is 5.92. The Morgan fingerprint density at radius 2 is 0.851 bits per heavy atom. The molecule has 0 aromatic heterocycles. The van der Waals surface area contributed by atoms with E-state index in [1.165, 1.54) is 154 Å². The number of likely N-dealkylation sites (N-methyl/N-ethyl adjacent to an activating group) is 1. The number of esters is 2. The maximum atomic E-state index is 12.8. The van der Waals surface area contributed by atoms with Crippen LogP contribution in [0.3, 0.4) is 0 Å². The third-order valence-corrected chi connectivity index (χ3v) is 12.1. The maximum Gasteiger partial charge on any atom is 0.306 e. The number of quaternary nitrogens is 1. The fourth-order valence-electron chi connectivity index (χ4n) is 7.82. The first-order chi connectivity index (χ1) is 32.6. The molecule has 0 fully saturated rings. The van der Waals surface area contributed by atoms with Crippen LogP contribution in [0.1, 0.15) is 245 Å². The standard InChI is InChI=1S/C58H105NO8/c1-6-8-10-12-14-16-17-18-19-20-21-22-23-24-25-26-27-28-29-30-31-32-33-34-35-36-37-38-39-41-43-45-47-49-56(61)67-54(53-66-58(57(62)63)64-51-50-59(3,4)5)52-65-55(60)48-46-44-42-40-15-13-11-9-7-2/h8,10,14,16,18-19,21-22,54,58H,6-7,9,11-13,15,17,20,23-53H2,1-5H3/b10-8-,16-14-,19-18-,22-21-. The second-order valence-electron chi connectivity index (χ2n) is 19.9. The SMILES string of the molecule is CC/C=C\C/C=C\C/C=C\C/C=C\CCCCCCCCCCCCCCCCCCCCCCC(=O)OC(COC(=O)CCCCCCCCCCC)COC(OCC[N+](C)(C)C)C(=O)[O-]. The first kappa shape index (κ1) is 64.2. The maximum absolute atomic E-state index is 12.8. The van der Waals surface area contributed by atoms with Gasteiger partial charge in [0.2, 0.25) is 0 Å². The molecule has 0 saturated heterocycles. The topological polar surface area (TPSA) is 111 Å². The van der Waals surface area contributed by atoms with Gasteiger partial charge in [-0.3, -0.25) is 9.59 Å². The number of unbranched alkanes of at least 4 members (excludes halogenated alkanes) is 28. The van der Waals surface area contributed by atoms with Crippen LogP contribution in [0.5, 0.6) is 0 Å². The molecule has 0 spiro atoms. The third-order valence-electron chi connectivity index (χ3n) is 12.1. The summed E-state index contributed by atoms with van der Waals surface area (Å²) < 4.78 is 22.6. The van der Waals surface area contributed by atoms with Gasteiger partial charge in [-0.15, -0.1) is 0 Å². The summed E-state index contributed by atoms with van der Waals surface area (Å²) in [5.74, 6) is -2.27. The van der Waals surface area contributed by atoms with Gasteiger partial charge in [0.1, 0.15) is 13.2 Å². The molecular weight excluding hydrogens is 839 g/mol. The minimum Gasteiger partial charge on any atom is -0.545 e. The molecule has 0 radical (unpaired) electrons. The quantitative estimate of drug-likeness (QED) is 0.0195. The molecule has 0 heterocycles. The van der Waals surface area contributed by atoms with Crippen LogP contribution in [0, 0.1) is 0 Å². The first-order valence-electron chi connectivity index (χ1n) is 27.8. The lowest BCUT2D eigenvalue weighted by Crippen LogP contribution is -2.44. The number of nitrogens with zero attached hydrogens (tertiary/aromatic N) is 1. The van der Waals surface area contributed by atoms with Gasteiger partial charge in [-0.1, -0.05) is 229 Å². The van der Waals surface area contributed by atoms with Crippen LogP contribution >= 0.6 is 0 Å². The number of ether oxygens (including phenoxy) is 4. The Bertz CT molecular complexity index is 1240. The van der Waals surface area contributed by atoms with E-state index in [2.05, 4.69) is 62.5 Å². The van der Waals surface area contributed by atoms with Gasteiger partial charge >= 0.3 is 11.9 Å². The van der Waals surface area contributed by atoms with Gasteiger partial charge in [0.05, 0.1) is 40.3 Å². The number of carboxylic acids is 1. The molecule has 0 amide bonds. The number of allylic oxidation sites excluding steroid dienone is 8. The molecule has 0 saturated carbocycles. The normalized spacial score (nSPS) is 13.1. The van der Waals surface area contributed by atoms with E-state index in [0.717, 1.165) is 57.8 Å². The lowest BCUT2D eigenvalue weighted by atomic mass is 10.0. The van der Waals surface area contributed by atoms with Crippen molar-refractivity contribution in [3.8, 4) is 0 Å². The lowest BCUT2D eigenvalue weighted by Gasteiger charge is -2.26. The smallest absolute Gasteiger partial charge is 0.306 e. The highest BCUT2D eigenvalue weighted by Crippen LogP contribution is 2.17. The Morgan fingerprint density at radius 3 is 1.27 bits per heavy atom. The predicted molar refractivity (Wildman–Crippen MR) is 279 cm³/mol. The van der Waals surface area contributed by atoms with Gasteiger partial charge in [-0.05, 0) is 51.4 Å². The second-order valence-corrected chi connectivity index (χ2v) is 19.9. The fourth-order valence-corrected chi connectivity index (χ4v) is 7.82. The number of carboxylic acid groups (broad SMARTS) is 1. The van der Waals surface area contributed by atoms with Crippen molar-refractivity contribution in [2.24, 2.45) is 0 Å². The number of hydrogen-bond donors (Lipinski definition) is 0. The Labute approximate surface area is 412 Å². The van der Waals surface area contributed by atoms with Crippen LogP contribution in [0.2, 0.25) is 0 Å². The van der Waals surface area contributed by atoms with Crippen molar-refractivity contribution in [1.29, 1.82) is 0 Å². The van der Waals surface area contributed by atoms with E-state index < -0.39 is 24.3 Å². The summed E-state index contributed by atoms with van der Waals surface area (Å²) in [5, 5.41) is 11.7. The van der Waals surface area contributed by atoms with Crippen molar-refractivity contribution in [2.45, 2.75) is 257 Å². The van der Waals surface area contributed by atoms with Gasteiger partial charge in [0.25, 0.3) is 0 Å². The van der Waals surface area contributed by atoms with Crippen LogP contribution in [-0.4, -0.2) is 82.3 Å². The van der Waals surface area contributed by atoms with Crippen LogP contribution < -0.4 is 5.11 Å². The molecule has 9 nitrogen and oxygen atoms in total. The highest BCUT2D eigenvalue weighted by atomic mass is 16.7. The van der Waals surface area contributed by atoms with Crippen molar-refractivity contribution < 1.29 is 42.9 Å². The molecule has 0 N–H and O–H groups in total. The van der Waals surface area contributed by atoms with Crippen LogP contribution in [0.15, 0.2) is 48.6 Å². The Balaban J connectivity index is 4.00. The van der Waals surface area contributed by atoms with Gasteiger partial charge in [0.15, 0.2) is 12.4 Å².